The van der Waals surface area contributed by atoms with Crippen LogP contribution < -0.4 is 4.90 Å². The first-order valence-corrected chi connectivity index (χ1v) is 20.2. The molecule has 276 valence electrons. The van der Waals surface area contributed by atoms with Crippen molar-refractivity contribution in [2.75, 3.05) is 4.90 Å². The van der Waals surface area contributed by atoms with Crippen molar-refractivity contribution in [3.8, 4) is 44.5 Å². The number of nitrogens with zero attached hydrogens (tertiary/aromatic N) is 2. The number of hydrogen-bond acceptors (Lipinski definition) is 2. The molecule has 2 heteroatoms. The first-order valence-electron chi connectivity index (χ1n) is 20.2. The molecule has 0 aliphatic heterocycles. The zero-order valence-electron chi connectivity index (χ0n) is 32.3. The van der Waals surface area contributed by atoms with Crippen molar-refractivity contribution in [1.82, 2.24) is 4.98 Å². The molecule has 0 atom stereocenters. The van der Waals surface area contributed by atoms with Crippen LogP contribution in [-0.4, -0.2) is 4.98 Å². The molecule has 0 fully saturated rings. The van der Waals surface area contributed by atoms with Gasteiger partial charge in [-0.15, -0.1) is 0 Å². The Labute approximate surface area is 343 Å². The molecule has 11 aromatic rings. The van der Waals surface area contributed by atoms with E-state index in [0.717, 1.165) is 28.0 Å². The first-order chi connectivity index (χ1) is 29.3. The van der Waals surface area contributed by atoms with Crippen LogP contribution in [0, 0.1) is 0 Å². The number of para-hydroxylation sites is 1. The van der Waals surface area contributed by atoms with Crippen LogP contribution in [0.15, 0.2) is 231 Å². The Morgan fingerprint density at radius 2 is 0.729 bits per heavy atom. The lowest BCUT2D eigenvalue weighted by atomic mass is 9.84. The van der Waals surface area contributed by atoms with Crippen LogP contribution in [0.25, 0.3) is 87.7 Å². The Hall–Kier alpha value is -7.81. The van der Waals surface area contributed by atoms with E-state index < -0.39 is 0 Å². The number of fused-ring (bicyclic) bond motifs is 4. The fraction of sp³-hybridized carbons (Fsp3) is 0. The molecule has 0 aliphatic rings. The lowest BCUT2D eigenvalue weighted by molar-refractivity contribution is 1.28. The van der Waals surface area contributed by atoms with Crippen molar-refractivity contribution in [2.45, 2.75) is 0 Å². The van der Waals surface area contributed by atoms with Gasteiger partial charge in [0.05, 0.1) is 11.2 Å². The minimum atomic E-state index is 0.969. The molecular weight excluding hydrogens is 713 g/mol. The normalized spacial score (nSPS) is 11.4. The molecule has 0 saturated heterocycles. The minimum absolute atomic E-state index is 0.969. The van der Waals surface area contributed by atoms with Gasteiger partial charge in [-0.2, -0.15) is 0 Å². The maximum absolute atomic E-state index is 4.68. The monoisotopic (exact) mass is 750 g/mol. The third-order valence-corrected chi connectivity index (χ3v) is 11.7. The SMILES string of the molecule is c1ccc(-c2ccc(N(c3ccc(-c4ccc(-c5c6ccccc6c(-c6cccc7ccccc67)c6ccccc56)cc4)cc3)c3ccnc4ccccc34)cc2)cc1. The molecule has 11 rings (SSSR count). The van der Waals surface area contributed by atoms with E-state index in [0.29, 0.717) is 0 Å². The molecule has 0 amide bonds. The minimum Gasteiger partial charge on any atom is -0.310 e. The average molecular weight is 751 g/mol. The van der Waals surface area contributed by atoms with E-state index in [1.54, 1.807) is 0 Å². The Balaban J connectivity index is 0.982. The zero-order valence-corrected chi connectivity index (χ0v) is 32.3. The van der Waals surface area contributed by atoms with Crippen LogP contribution in [0.2, 0.25) is 0 Å². The van der Waals surface area contributed by atoms with Crippen molar-refractivity contribution in [3.05, 3.63) is 231 Å². The van der Waals surface area contributed by atoms with Crippen molar-refractivity contribution < 1.29 is 0 Å². The van der Waals surface area contributed by atoms with Crippen molar-refractivity contribution in [2.24, 2.45) is 0 Å². The average Bonchev–Trinajstić information content (AvgIpc) is 3.31. The summed E-state index contributed by atoms with van der Waals surface area (Å²) in [4.78, 5) is 7.02. The van der Waals surface area contributed by atoms with E-state index in [2.05, 4.69) is 228 Å². The number of pyridine rings is 1. The largest absolute Gasteiger partial charge is 0.310 e. The van der Waals surface area contributed by atoms with Gasteiger partial charge in [-0.05, 0) is 113 Å². The molecule has 1 heterocycles. The number of hydrogen-bond donors (Lipinski definition) is 0. The van der Waals surface area contributed by atoms with Crippen LogP contribution in [-0.2, 0) is 0 Å². The van der Waals surface area contributed by atoms with Gasteiger partial charge < -0.3 is 4.90 Å². The molecule has 0 radical (unpaired) electrons. The Morgan fingerprint density at radius 3 is 1.34 bits per heavy atom. The molecule has 10 aromatic carbocycles. The molecule has 0 unspecified atom stereocenters. The fourth-order valence-corrected chi connectivity index (χ4v) is 8.94. The van der Waals surface area contributed by atoms with Gasteiger partial charge in [0, 0.05) is 23.0 Å². The summed E-state index contributed by atoms with van der Waals surface area (Å²) in [6.45, 7) is 0. The van der Waals surface area contributed by atoms with Gasteiger partial charge in [0.2, 0.25) is 0 Å². The van der Waals surface area contributed by atoms with Gasteiger partial charge in [-0.25, -0.2) is 0 Å². The van der Waals surface area contributed by atoms with Crippen molar-refractivity contribution >= 4 is 60.3 Å². The highest BCUT2D eigenvalue weighted by molar-refractivity contribution is 6.23. The topological polar surface area (TPSA) is 16.1 Å². The highest BCUT2D eigenvalue weighted by Gasteiger charge is 2.19. The molecule has 2 nitrogen and oxygen atoms in total. The third kappa shape index (κ3) is 6.10. The molecular formula is C57H38N2. The van der Waals surface area contributed by atoms with E-state index in [1.807, 2.05) is 12.3 Å². The van der Waals surface area contributed by atoms with Gasteiger partial charge in [-0.3, -0.25) is 4.98 Å². The lowest BCUT2D eigenvalue weighted by Crippen LogP contribution is -2.10. The van der Waals surface area contributed by atoms with E-state index >= 15 is 0 Å². The van der Waals surface area contributed by atoms with Crippen LogP contribution in [0.3, 0.4) is 0 Å². The molecule has 0 saturated carbocycles. The predicted octanol–water partition coefficient (Wildman–Crippen LogP) is 15.8. The second-order valence-electron chi connectivity index (χ2n) is 15.1. The highest BCUT2D eigenvalue weighted by Crippen LogP contribution is 2.46. The Bertz CT molecular complexity index is 3230. The number of anilines is 3. The Kier molecular flexibility index (Phi) is 8.52. The molecule has 0 N–H and O–H groups in total. The summed E-state index contributed by atoms with van der Waals surface area (Å²) in [6, 6.07) is 81.1. The summed E-state index contributed by atoms with van der Waals surface area (Å²) in [6.07, 6.45) is 1.91. The smallest absolute Gasteiger partial charge is 0.0723 e. The summed E-state index contributed by atoms with van der Waals surface area (Å²) in [5.74, 6) is 0. The summed E-state index contributed by atoms with van der Waals surface area (Å²) < 4.78 is 0. The third-order valence-electron chi connectivity index (χ3n) is 11.7. The summed E-state index contributed by atoms with van der Waals surface area (Å²) in [7, 11) is 0. The van der Waals surface area contributed by atoms with Gasteiger partial charge in [0.1, 0.15) is 0 Å². The first kappa shape index (κ1) is 34.4. The summed E-state index contributed by atoms with van der Waals surface area (Å²) in [5.41, 5.74) is 14.0. The molecule has 0 spiro atoms. The second-order valence-corrected chi connectivity index (χ2v) is 15.1. The summed E-state index contributed by atoms with van der Waals surface area (Å²) in [5, 5.41) is 8.66. The standard InChI is InChI=1S/C57H38N2/c1-2-13-39(14-3-1)41-29-33-45(34-30-41)59(55-37-38-58-54-24-11-10-22-53(54)55)46-35-31-42(32-36-46)40-25-27-44(28-26-40)56-49-18-6-8-20-51(49)57(52-21-9-7-19-50(52)56)48-23-12-16-43-15-4-5-17-47(43)48/h1-38H. The van der Waals surface area contributed by atoms with Gasteiger partial charge in [-0.1, -0.05) is 188 Å². The highest BCUT2D eigenvalue weighted by atomic mass is 15.1. The van der Waals surface area contributed by atoms with Crippen LogP contribution in [0.5, 0.6) is 0 Å². The second kappa shape index (κ2) is 14.6. The summed E-state index contributed by atoms with van der Waals surface area (Å²) >= 11 is 0. The van der Waals surface area contributed by atoms with Crippen LogP contribution >= 0.6 is 0 Å². The zero-order chi connectivity index (χ0) is 39.1. The molecule has 0 aliphatic carbocycles. The molecule has 59 heavy (non-hydrogen) atoms. The van der Waals surface area contributed by atoms with Gasteiger partial charge >= 0.3 is 0 Å². The fourth-order valence-electron chi connectivity index (χ4n) is 8.94. The number of benzene rings is 10. The number of aromatic nitrogens is 1. The lowest BCUT2D eigenvalue weighted by Gasteiger charge is -2.27. The van der Waals surface area contributed by atoms with Crippen molar-refractivity contribution in [1.29, 1.82) is 0 Å². The maximum atomic E-state index is 4.68. The molecule has 1 aromatic heterocycles. The number of rotatable bonds is 7. The van der Waals surface area contributed by atoms with Crippen molar-refractivity contribution in [3.63, 3.8) is 0 Å². The molecule has 0 bridgehead atoms. The van der Waals surface area contributed by atoms with Crippen LogP contribution in [0.4, 0.5) is 17.1 Å². The Morgan fingerprint density at radius 1 is 0.288 bits per heavy atom. The van der Waals surface area contributed by atoms with Gasteiger partial charge in [0.25, 0.3) is 0 Å². The van der Waals surface area contributed by atoms with E-state index in [4.69, 9.17) is 0 Å². The maximum Gasteiger partial charge on any atom is 0.0723 e. The van der Waals surface area contributed by atoms with E-state index in [1.165, 1.54) is 76.8 Å². The van der Waals surface area contributed by atoms with Crippen LogP contribution in [0.1, 0.15) is 0 Å². The van der Waals surface area contributed by atoms with E-state index in [-0.39, 0.29) is 0 Å². The van der Waals surface area contributed by atoms with Gasteiger partial charge in [0.15, 0.2) is 0 Å². The quantitative estimate of drug-likeness (QED) is 0.151. The predicted molar refractivity (Wildman–Crippen MR) is 251 cm³/mol. The van der Waals surface area contributed by atoms with E-state index in [9.17, 15) is 0 Å².